The molecule has 1 fully saturated rings. The van der Waals surface area contributed by atoms with Gasteiger partial charge in [0.2, 0.25) is 5.95 Å². The summed E-state index contributed by atoms with van der Waals surface area (Å²) in [7, 11) is 0. The standard InChI is InChI=1S/C22H25N5/c1-2-18-8-10-19(11-9-18)24-21-12-13-23-22(25-21)27-16-14-26(15-17-27)20-6-4-3-5-7-20/h3-13H,2,14-17H2,1H3,(H,23,24,25). The molecule has 5 heteroatoms. The minimum atomic E-state index is 0.790. The molecule has 1 N–H and O–H groups in total. The van der Waals surface area contributed by atoms with Gasteiger partial charge in [0.05, 0.1) is 0 Å². The second-order valence-corrected chi connectivity index (χ2v) is 6.73. The van der Waals surface area contributed by atoms with Crippen LogP contribution < -0.4 is 15.1 Å². The van der Waals surface area contributed by atoms with Crippen LogP contribution in [0.4, 0.5) is 23.1 Å². The van der Waals surface area contributed by atoms with E-state index in [1.54, 1.807) is 0 Å². The Kier molecular flexibility index (Phi) is 5.19. The van der Waals surface area contributed by atoms with Gasteiger partial charge in [0.15, 0.2) is 0 Å². The molecule has 0 saturated carbocycles. The van der Waals surface area contributed by atoms with Gasteiger partial charge in [-0.2, -0.15) is 4.98 Å². The van der Waals surface area contributed by atoms with E-state index in [4.69, 9.17) is 4.98 Å². The molecule has 2 aromatic carbocycles. The lowest BCUT2D eigenvalue weighted by Crippen LogP contribution is -2.47. The molecule has 5 nitrogen and oxygen atoms in total. The van der Waals surface area contributed by atoms with Crippen LogP contribution in [0.1, 0.15) is 12.5 Å². The van der Waals surface area contributed by atoms with Crippen LogP contribution in [0.2, 0.25) is 0 Å². The van der Waals surface area contributed by atoms with Gasteiger partial charge in [-0.1, -0.05) is 37.3 Å². The molecule has 0 spiro atoms. The van der Waals surface area contributed by atoms with Crippen LogP contribution in [-0.2, 0) is 6.42 Å². The van der Waals surface area contributed by atoms with Crippen molar-refractivity contribution in [3.63, 3.8) is 0 Å². The lowest BCUT2D eigenvalue weighted by atomic mass is 10.1. The number of anilines is 4. The van der Waals surface area contributed by atoms with Gasteiger partial charge < -0.3 is 15.1 Å². The maximum Gasteiger partial charge on any atom is 0.227 e. The van der Waals surface area contributed by atoms with Crippen LogP contribution in [0, 0.1) is 0 Å². The van der Waals surface area contributed by atoms with Gasteiger partial charge in [0.25, 0.3) is 0 Å². The summed E-state index contributed by atoms with van der Waals surface area (Å²) in [5.74, 6) is 1.62. The summed E-state index contributed by atoms with van der Waals surface area (Å²) in [6.45, 7) is 5.96. The number of benzene rings is 2. The zero-order chi connectivity index (χ0) is 18.5. The zero-order valence-corrected chi connectivity index (χ0v) is 15.7. The lowest BCUT2D eigenvalue weighted by molar-refractivity contribution is 0.640. The summed E-state index contributed by atoms with van der Waals surface area (Å²) >= 11 is 0. The first-order valence-corrected chi connectivity index (χ1v) is 9.56. The largest absolute Gasteiger partial charge is 0.368 e. The average molecular weight is 359 g/mol. The van der Waals surface area contributed by atoms with Gasteiger partial charge in [0, 0.05) is 43.8 Å². The Morgan fingerprint density at radius 1 is 0.852 bits per heavy atom. The summed E-state index contributed by atoms with van der Waals surface area (Å²) in [5.41, 5.74) is 3.66. The molecule has 1 aliphatic heterocycles. The predicted molar refractivity (Wildman–Crippen MR) is 112 cm³/mol. The number of nitrogens with zero attached hydrogens (tertiary/aromatic N) is 4. The number of rotatable bonds is 5. The zero-order valence-electron chi connectivity index (χ0n) is 15.7. The number of hydrogen-bond donors (Lipinski definition) is 1. The highest BCUT2D eigenvalue weighted by molar-refractivity contribution is 5.57. The quantitative estimate of drug-likeness (QED) is 0.743. The van der Waals surface area contributed by atoms with Crippen molar-refractivity contribution in [2.24, 2.45) is 0 Å². The molecule has 0 radical (unpaired) electrons. The first-order valence-electron chi connectivity index (χ1n) is 9.56. The highest BCUT2D eigenvalue weighted by Crippen LogP contribution is 2.20. The van der Waals surface area contributed by atoms with Gasteiger partial charge in [0.1, 0.15) is 5.82 Å². The molecule has 0 unspecified atom stereocenters. The topological polar surface area (TPSA) is 44.3 Å². The van der Waals surface area contributed by atoms with Crippen molar-refractivity contribution in [1.29, 1.82) is 0 Å². The van der Waals surface area contributed by atoms with E-state index >= 15 is 0 Å². The highest BCUT2D eigenvalue weighted by Gasteiger charge is 2.19. The van der Waals surface area contributed by atoms with E-state index in [1.165, 1.54) is 11.3 Å². The molecule has 0 bridgehead atoms. The molecular formula is C22H25N5. The summed E-state index contributed by atoms with van der Waals surface area (Å²) in [4.78, 5) is 13.9. The van der Waals surface area contributed by atoms with E-state index in [2.05, 4.69) is 81.6 Å². The Balaban J connectivity index is 1.40. The lowest BCUT2D eigenvalue weighted by Gasteiger charge is -2.36. The second kappa shape index (κ2) is 8.08. The van der Waals surface area contributed by atoms with Gasteiger partial charge >= 0.3 is 0 Å². The van der Waals surface area contributed by atoms with Crippen molar-refractivity contribution >= 4 is 23.1 Å². The van der Waals surface area contributed by atoms with E-state index in [1.807, 2.05) is 12.3 Å². The number of para-hydroxylation sites is 1. The smallest absolute Gasteiger partial charge is 0.227 e. The number of nitrogens with one attached hydrogen (secondary N) is 1. The van der Waals surface area contributed by atoms with Crippen molar-refractivity contribution in [2.45, 2.75) is 13.3 Å². The van der Waals surface area contributed by atoms with Crippen molar-refractivity contribution in [3.05, 3.63) is 72.4 Å². The third kappa shape index (κ3) is 4.19. The Hall–Kier alpha value is -3.08. The maximum absolute atomic E-state index is 4.72. The molecule has 1 saturated heterocycles. The molecule has 4 rings (SSSR count). The van der Waals surface area contributed by atoms with Crippen molar-refractivity contribution in [1.82, 2.24) is 9.97 Å². The molecule has 27 heavy (non-hydrogen) atoms. The third-order valence-corrected chi connectivity index (χ3v) is 4.96. The first kappa shape index (κ1) is 17.3. The molecule has 1 aliphatic rings. The normalized spacial score (nSPS) is 14.3. The van der Waals surface area contributed by atoms with E-state index in [0.717, 1.165) is 50.1 Å². The molecule has 0 amide bonds. The van der Waals surface area contributed by atoms with Gasteiger partial charge in [-0.15, -0.1) is 0 Å². The number of piperazine rings is 1. The number of hydrogen-bond acceptors (Lipinski definition) is 5. The molecular weight excluding hydrogens is 334 g/mol. The van der Waals surface area contributed by atoms with E-state index in [0.29, 0.717) is 0 Å². The summed E-state index contributed by atoms with van der Waals surface area (Å²) in [6.07, 6.45) is 2.88. The Morgan fingerprint density at radius 2 is 1.56 bits per heavy atom. The fraction of sp³-hybridized carbons (Fsp3) is 0.273. The van der Waals surface area contributed by atoms with Crippen LogP contribution in [0.3, 0.4) is 0 Å². The summed E-state index contributed by atoms with van der Waals surface area (Å²) < 4.78 is 0. The highest BCUT2D eigenvalue weighted by atomic mass is 15.3. The van der Waals surface area contributed by atoms with Gasteiger partial charge in [-0.3, -0.25) is 0 Å². The minimum Gasteiger partial charge on any atom is -0.368 e. The SMILES string of the molecule is CCc1ccc(Nc2ccnc(N3CCN(c4ccccc4)CC3)n2)cc1. The van der Waals surface area contributed by atoms with Crippen molar-refractivity contribution in [2.75, 3.05) is 41.3 Å². The van der Waals surface area contributed by atoms with Crippen LogP contribution in [-0.4, -0.2) is 36.1 Å². The van der Waals surface area contributed by atoms with E-state index < -0.39 is 0 Å². The minimum absolute atomic E-state index is 0.790. The van der Waals surface area contributed by atoms with Crippen LogP contribution in [0.5, 0.6) is 0 Å². The Labute approximate surface area is 160 Å². The molecule has 2 heterocycles. The van der Waals surface area contributed by atoms with E-state index in [-0.39, 0.29) is 0 Å². The predicted octanol–water partition coefficient (Wildman–Crippen LogP) is 4.11. The van der Waals surface area contributed by atoms with Gasteiger partial charge in [-0.25, -0.2) is 4.98 Å². The molecule has 0 atom stereocenters. The molecule has 138 valence electrons. The summed E-state index contributed by atoms with van der Waals surface area (Å²) in [5, 5.41) is 3.38. The third-order valence-electron chi connectivity index (χ3n) is 4.96. The fourth-order valence-electron chi connectivity index (χ4n) is 3.35. The Morgan fingerprint density at radius 3 is 2.26 bits per heavy atom. The van der Waals surface area contributed by atoms with Crippen LogP contribution in [0.15, 0.2) is 66.9 Å². The average Bonchev–Trinajstić information content (AvgIpc) is 2.75. The molecule has 1 aromatic heterocycles. The maximum atomic E-state index is 4.72. The summed E-state index contributed by atoms with van der Waals surface area (Å²) in [6, 6.07) is 21.0. The van der Waals surface area contributed by atoms with Crippen molar-refractivity contribution in [3.8, 4) is 0 Å². The van der Waals surface area contributed by atoms with Gasteiger partial charge in [-0.05, 0) is 42.3 Å². The second-order valence-electron chi connectivity index (χ2n) is 6.73. The number of aromatic nitrogens is 2. The monoisotopic (exact) mass is 359 g/mol. The van der Waals surface area contributed by atoms with Crippen molar-refractivity contribution < 1.29 is 0 Å². The number of aryl methyl sites for hydroxylation is 1. The molecule has 3 aromatic rings. The van der Waals surface area contributed by atoms with E-state index in [9.17, 15) is 0 Å². The fourth-order valence-corrected chi connectivity index (χ4v) is 3.35. The molecule has 0 aliphatic carbocycles. The van der Waals surface area contributed by atoms with Crippen LogP contribution >= 0.6 is 0 Å². The first-order chi connectivity index (χ1) is 13.3. The van der Waals surface area contributed by atoms with Crippen LogP contribution in [0.25, 0.3) is 0 Å². The Bertz CT molecular complexity index is 855.